The second-order valence-corrected chi connectivity index (χ2v) is 5.23. The molecule has 2 aliphatic heterocycles. The van der Waals surface area contributed by atoms with Crippen molar-refractivity contribution in [2.75, 3.05) is 19.8 Å². The fraction of sp³-hybridized carbons (Fsp3) is 0.533. The number of hydrogen-bond donors (Lipinski definition) is 2. The molecule has 2 heterocycles. The summed E-state index contributed by atoms with van der Waals surface area (Å²) in [6, 6.07) is 8.23. The summed E-state index contributed by atoms with van der Waals surface area (Å²) in [6.45, 7) is 2.19. The Morgan fingerprint density at radius 3 is 3.05 bits per heavy atom. The molecule has 1 aromatic carbocycles. The molecular weight excluding hydrogens is 254 g/mol. The van der Waals surface area contributed by atoms with Gasteiger partial charge in [0.2, 0.25) is 0 Å². The van der Waals surface area contributed by atoms with Gasteiger partial charge < -0.3 is 20.5 Å². The maximum absolute atomic E-state index is 5.98. The summed E-state index contributed by atoms with van der Waals surface area (Å²) in [5.41, 5.74) is 7.13. The van der Waals surface area contributed by atoms with Crippen molar-refractivity contribution in [1.29, 1.82) is 0 Å². The molecular formula is C15H21N3O2. The Morgan fingerprint density at radius 2 is 2.20 bits per heavy atom. The molecule has 3 N–H and O–H groups in total. The third-order valence-corrected chi connectivity index (χ3v) is 3.77. The standard InChI is InChI=1S/C15H21N3O2/c16-15(17-10-11-4-3-8-19-11)18-13-7-9-20-14-6-2-1-5-12(13)14/h1-2,5-6,11,13H,3-4,7-10H2,(H3,16,17,18)/t11-,13?/m1/s1. The van der Waals surface area contributed by atoms with Gasteiger partial charge in [0.15, 0.2) is 5.96 Å². The molecule has 1 aromatic rings. The normalized spacial score (nSPS) is 25.9. The van der Waals surface area contributed by atoms with Crippen LogP contribution in [0.25, 0.3) is 0 Å². The van der Waals surface area contributed by atoms with Crippen molar-refractivity contribution in [3.05, 3.63) is 29.8 Å². The van der Waals surface area contributed by atoms with Gasteiger partial charge in [-0.05, 0) is 18.9 Å². The predicted molar refractivity (Wildman–Crippen MR) is 77.9 cm³/mol. The number of hydrogen-bond acceptors (Lipinski definition) is 3. The van der Waals surface area contributed by atoms with E-state index in [9.17, 15) is 0 Å². The summed E-state index contributed by atoms with van der Waals surface area (Å²) >= 11 is 0. The van der Waals surface area contributed by atoms with Crippen LogP contribution in [0.3, 0.4) is 0 Å². The minimum Gasteiger partial charge on any atom is -0.493 e. The molecule has 108 valence electrons. The van der Waals surface area contributed by atoms with Crippen molar-refractivity contribution >= 4 is 5.96 Å². The second kappa shape index (κ2) is 6.13. The fourth-order valence-electron chi connectivity index (χ4n) is 2.70. The summed E-state index contributed by atoms with van der Waals surface area (Å²) in [7, 11) is 0. The van der Waals surface area contributed by atoms with Crippen molar-refractivity contribution in [3.63, 3.8) is 0 Å². The summed E-state index contributed by atoms with van der Waals surface area (Å²) < 4.78 is 11.2. The quantitative estimate of drug-likeness (QED) is 0.649. The molecule has 20 heavy (non-hydrogen) atoms. The Labute approximate surface area is 119 Å². The van der Waals surface area contributed by atoms with Crippen molar-refractivity contribution in [1.82, 2.24) is 5.32 Å². The van der Waals surface area contributed by atoms with Crippen molar-refractivity contribution in [2.24, 2.45) is 10.7 Å². The summed E-state index contributed by atoms with van der Waals surface area (Å²) in [5, 5.41) is 3.29. The van der Waals surface area contributed by atoms with Crippen LogP contribution in [0.1, 0.15) is 30.9 Å². The monoisotopic (exact) mass is 275 g/mol. The molecule has 0 radical (unpaired) electrons. The number of nitrogens with one attached hydrogen (secondary N) is 1. The number of ether oxygens (including phenoxy) is 2. The van der Waals surface area contributed by atoms with Gasteiger partial charge in [0.05, 0.1) is 25.3 Å². The summed E-state index contributed by atoms with van der Waals surface area (Å²) in [5.74, 6) is 1.42. The highest BCUT2D eigenvalue weighted by Crippen LogP contribution is 2.31. The highest BCUT2D eigenvalue weighted by molar-refractivity contribution is 5.78. The van der Waals surface area contributed by atoms with Crippen molar-refractivity contribution in [2.45, 2.75) is 31.4 Å². The molecule has 0 saturated carbocycles. The van der Waals surface area contributed by atoms with Gasteiger partial charge in [-0.1, -0.05) is 18.2 Å². The molecule has 1 unspecified atom stereocenters. The lowest BCUT2D eigenvalue weighted by atomic mass is 10.0. The molecule has 2 atom stereocenters. The SMILES string of the molecule is NC(=NC[C@H]1CCCO1)NC1CCOc2ccccc21. The van der Waals surface area contributed by atoms with E-state index in [4.69, 9.17) is 15.2 Å². The van der Waals surface area contributed by atoms with E-state index < -0.39 is 0 Å². The van der Waals surface area contributed by atoms with Gasteiger partial charge in [0, 0.05) is 18.6 Å². The van der Waals surface area contributed by atoms with E-state index in [1.807, 2.05) is 18.2 Å². The zero-order chi connectivity index (χ0) is 13.8. The summed E-state index contributed by atoms with van der Waals surface area (Å²) in [4.78, 5) is 4.39. The average molecular weight is 275 g/mol. The maximum atomic E-state index is 5.98. The van der Waals surface area contributed by atoms with Gasteiger partial charge in [-0.2, -0.15) is 0 Å². The van der Waals surface area contributed by atoms with Crippen LogP contribution in [0.4, 0.5) is 0 Å². The maximum Gasteiger partial charge on any atom is 0.189 e. The highest BCUT2D eigenvalue weighted by Gasteiger charge is 2.21. The first-order valence-electron chi connectivity index (χ1n) is 7.23. The first-order chi connectivity index (χ1) is 9.83. The van der Waals surface area contributed by atoms with E-state index >= 15 is 0 Å². The third kappa shape index (κ3) is 3.04. The Balaban J connectivity index is 1.61. The first kappa shape index (κ1) is 13.2. The number of nitrogens with zero attached hydrogens (tertiary/aromatic N) is 1. The minimum absolute atomic E-state index is 0.174. The number of benzene rings is 1. The van der Waals surface area contributed by atoms with Gasteiger partial charge in [-0.3, -0.25) is 4.99 Å². The van der Waals surface area contributed by atoms with E-state index in [0.29, 0.717) is 19.1 Å². The minimum atomic E-state index is 0.174. The molecule has 5 heteroatoms. The number of rotatable bonds is 3. The van der Waals surface area contributed by atoms with Crippen molar-refractivity contribution in [3.8, 4) is 5.75 Å². The fourth-order valence-corrected chi connectivity index (χ4v) is 2.70. The van der Waals surface area contributed by atoms with Gasteiger partial charge in [-0.25, -0.2) is 0 Å². The topological polar surface area (TPSA) is 68.9 Å². The van der Waals surface area contributed by atoms with E-state index in [-0.39, 0.29) is 12.1 Å². The molecule has 3 rings (SSSR count). The molecule has 1 fully saturated rings. The van der Waals surface area contributed by atoms with E-state index in [1.165, 1.54) is 0 Å². The molecule has 0 aromatic heterocycles. The second-order valence-electron chi connectivity index (χ2n) is 5.23. The van der Waals surface area contributed by atoms with E-state index in [1.54, 1.807) is 0 Å². The first-order valence-corrected chi connectivity index (χ1v) is 7.23. The molecule has 0 spiro atoms. The molecule has 1 saturated heterocycles. The number of fused-ring (bicyclic) bond motifs is 1. The number of guanidine groups is 1. The Morgan fingerprint density at radius 1 is 1.30 bits per heavy atom. The molecule has 0 aliphatic carbocycles. The van der Waals surface area contributed by atoms with Crippen LogP contribution in [0.5, 0.6) is 5.75 Å². The van der Waals surface area contributed by atoms with Crippen LogP contribution in [-0.2, 0) is 4.74 Å². The average Bonchev–Trinajstić information content (AvgIpc) is 2.99. The predicted octanol–water partition coefficient (Wildman–Crippen LogP) is 1.59. The van der Waals surface area contributed by atoms with Crippen molar-refractivity contribution < 1.29 is 9.47 Å². The van der Waals surface area contributed by atoms with Gasteiger partial charge >= 0.3 is 0 Å². The Bertz CT molecular complexity index is 484. The van der Waals surface area contributed by atoms with E-state index in [0.717, 1.165) is 37.2 Å². The van der Waals surface area contributed by atoms with Crippen LogP contribution in [-0.4, -0.2) is 31.8 Å². The number of para-hydroxylation sites is 1. The lowest BCUT2D eigenvalue weighted by molar-refractivity contribution is 0.117. The molecule has 2 aliphatic rings. The summed E-state index contributed by atoms with van der Waals surface area (Å²) in [6.07, 6.45) is 3.34. The Hall–Kier alpha value is -1.75. The Kier molecular flexibility index (Phi) is 4.06. The van der Waals surface area contributed by atoms with Crippen LogP contribution >= 0.6 is 0 Å². The van der Waals surface area contributed by atoms with Gasteiger partial charge in [0.25, 0.3) is 0 Å². The lowest BCUT2D eigenvalue weighted by Crippen LogP contribution is -2.37. The largest absolute Gasteiger partial charge is 0.493 e. The van der Waals surface area contributed by atoms with Crippen LogP contribution in [0, 0.1) is 0 Å². The number of aliphatic imine (C=N–C) groups is 1. The third-order valence-electron chi connectivity index (χ3n) is 3.77. The molecule has 5 nitrogen and oxygen atoms in total. The molecule has 0 bridgehead atoms. The zero-order valence-electron chi connectivity index (χ0n) is 11.5. The molecule has 0 amide bonds. The van der Waals surface area contributed by atoms with Gasteiger partial charge in [-0.15, -0.1) is 0 Å². The van der Waals surface area contributed by atoms with Crippen LogP contribution in [0.2, 0.25) is 0 Å². The van der Waals surface area contributed by atoms with Crippen LogP contribution < -0.4 is 15.8 Å². The van der Waals surface area contributed by atoms with E-state index in [2.05, 4.69) is 16.4 Å². The lowest BCUT2D eigenvalue weighted by Gasteiger charge is -2.27. The highest BCUT2D eigenvalue weighted by atomic mass is 16.5. The van der Waals surface area contributed by atoms with Gasteiger partial charge in [0.1, 0.15) is 5.75 Å². The number of nitrogens with two attached hydrogens (primary N) is 1. The smallest absolute Gasteiger partial charge is 0.189 e. The van der Waals surface area contributed by atoms with Crippen LogP contribution in [0.15, 0.2) is 29.3 Å². The zero-order valence-corrected chi connectivity index (χ0v) is 11.5.